The third-order valence-electron chi connectivity index (χ3n) is 3.54. The lowest BCUT2D eigenvalue weighted by atomic mass is 10.2. The number of hydrogen-bond acceptors (Lipinski definition) is 4. The molecule has 0 saturated carbocycles. The molecule has 2 N–H and O–H groups in total. The van der Waals surface area contributed by atoms with Crippen LogP contribution in [0, 0.1) is 6.92 Å². The number of aliphatic hydroxyl groups is 1. The van der Waals surface area contributed by atoms with Crippen molar-refractivity contribution in [3.8, 4) is 10.6 Å². The summed E-state index contributed by atoms with van der Waals surface area (Å²) in [5, 5.41) is 13.1. The highest BCUT2D eigenvalue weighted by molar-refractivity contribution is 7.15. The van der Waals surface area contributed by atoms with E-state index in [4.69, 9.17) is 0 Å². The summed E-state index contributed by atoms with van der Waals surface area (Å²) in [5.74, 6) is 0. The van der Waals surface area contributed by atoms with E-state index >= 15 is 0 Å². The molecule has 1 heterocycles. The molecular formula is C17H23N3O2S. The molecule has 0 bridgehead atoms. The van der Waals surface area contributed by atoms with Gasteiger partial charge in [-0.15, -0.1) is 11.3 Å². The molecule has 23 heavy (non-hydrogen) atoms. The van der Waals surface area contributed by atoms with Crippen molar-refractivity contribution < 1.29 is 9.90 Å². The van der Waals surface area contributed by atoms with Crippen molar-refractivity contribution in [2.24, 2.45) is 0 Å². The van der Waals surface area contributed by atoms with Crippen LogP contribution in [0.1, 0.15) is 23.9 Å². The topological polar surface area (TPSA) is 65.5 Å². The molecule has 1 aromatic carbocycles. The third kappa shape index (κ3) is 5.04. The lowest BCUT2D eigenvalue weighted by molar-refractivity contribution is 0.163. The maximum absolute atomic E-state index is 12.0. The second-order valence-corrected chi connectivity index (χ2v) is 6.70. The van der Waals surface area contributed by atoms with E-state index in [9.17, 15) is 9.90 Å². The van der Waals surface area contributed by atoms with Crippen LogP contribution in [-0.4, -0.2) is 40.7 Å². The molecule has 2 rings (SSSR count). The number of hydrogen-bond donors (Lipinski definition) is 2. The number of amides is 2. The highest BCUT2D eigenvalue weighted by Crippen LogP contribution is 2.27. The van der Waals surface area contributed by atoms with Crippen molar-refractivity contribution in [1.82, 2.24) is 15.2 Å². The van der Waals surface area contributed by atoms with E-state index in [0.29, 0.717) is 19.5 Å². The van der Waals surface area contributed by atoms with Crippen LogP contribution in [0.25, 0.3) is 10.6 Å². The zero-order valence-electron chi connectivity index (χ0n) is 13.7. The van der Waals surface area contributed by atoms with Gasteiger partial charge >= 0.3 is 6.03 Å². The van der Waals surface area contributed by atoms with Gasteiger partial charge in [0.15, 0.2) is 0 Å². The van der Waals surface area contributed by atoms with E-state index in [-0.39, 0.29) is 6.03 Å². The fourth-order valence-electron chi connectivity index (χ4n) is 2.07. The summed E-state index contributed by atoms with van der Waals surface area (Å²) in [6, 6.07) is 9.89. The number of aliphatic hydroxyl groups excluding tert-OH is 1. The minimum Gasteiger partial charge on any atom is -0.393 e. The summed E-state index contributed by atoms with van der Waals surface area (Å²) in [6.07, 6.45) is 0.171. The maximum atomic E-state index is 12.0. The SMILES string of the molecule is Cc1nc(-c2ccccc2)sc1CNC(=O)N(C)CCC(C)O. The Hall–Kier alpha value is -1.92. The fourth-order valence-corrected chi connectivity index (χ4v) is 3.08. The number of urea groups is 1. The number of rotatable bonds is 6. The Bertz CT molecular complexity index is 641. The normalized spacial score (nSPS) is 12.0. The van der Waals surface area contributed by atoms with Crippen molar-refractivity contribution >= 4 is 17.4 Å². The molecule has 2 amide bonds. The fraction of sp³-hybridized carbons (Fsp3) is 0.412. The van der Waals surface area contributed by atoms with Crippen LogP contribution in [-0.2, 0) is 6.54 Å². The Labute approximate surface area is 141 Å². The number of nitrogens with one attached hydrogen (secondary N) is 1. The zero-order valence-corrected chi connectivity index (χ0v) is 14.6. The average molecular weight is 333 g/mol. The first-order chi connectivity index (χ1) is 11.0. The van der Waals surface area contributed by atoms with Gasteiger partial charge in [-0.3, -0.25) is 0 Å². The molecule has 1 unspecified atom stereocenters. The van der Waals surface area contributed by atoms with Crippen molar-refractivity contribution in [3.63, 3.8) is 0 Å². The second-order valence-electron chi connectivity index (χ2n) is 5.61. The smallest absolute Gasteiger partial charge is 0.317 e. The monoisotopic (exact) mass is 333 g/mol. The van der Waals surface area contributed by atoms with Crippen LogP contribution >= 0.6 is 11.3 Å². The first-order valence-electron chi connectivity index (χ1n) is 7.66. The van der Waals surface area contributed by atoms with Crippen LogP contribution in [0.15, 0.2) is 30.3 Å². The van der Waals surface area contributed by atoms with Gasteiger partial charge in [-0.05, 0) is 20.3 Å². The quantitative estimate of drug-likeness (QED) is 0.854. The van der Waals surface area contributed by atoms with Gasteiger partial charge in [0.1, 0.15) is 5.01 Å². The molecule has 6 heteroatoms. The van der Waals surface area contributed by atoms with E-state index < -0.39 is 6.10 Å². The van der Waals surface area contributed by atoms with Crippen LogP contribution < -0.4 is 5.32 Å². The molecular weight excluding hydrogens is 310 g/mol. The summed E-state index contributed by atoms with van der Waals surface area (Å²) in [5.41, 5.74) is 2.04. The molecule has 5 nitrogen and oxygen atoms in total. The minimum absolute atomic E-state index is 0.139. The van der Waals surface area contributed by atoms with E-state index in [1.54, 1.807) is 30.2 Å². The summed E-state index contributed by atoms with van der Waals surface area (Å²) in [6.45, 7) is 4.67. The summed E-state index contributed by atoms with van der Waals surface area (Å²) in [7, 11) is 1.73. The van der Waals surface area contributed by atoms with Gasteiger partial charge in [-0.2, -0.15) is 0 Å². The number of benzene rings is 1. The van der Waals surface area contributed by atoms with Crippen molar-refractivity contribution in [2.45, 2.75) is 32.9 Å². The van der Waals surface area contributed by atoms with Crippen LogP contribution in [0.3, 0.4) is 0 Å². The summed E-state index contributed by atoms with van der Waals surface area (Å²) < 4.78 is 0. The van der Waals surface area contributed by atoms with Gasteiger partial charge in [0.05, 0.1) is 18.3 Å². The molecule has 2 aromatic rings. The van der Waals surface area contributed by atoms with E-state index in [1.807, 2.05) is 37.3 Å². The highest BCUT2D eigenvalue weighted by atomic mass is 32.1. The van der Waals surface area contributed by atoms with Gasteiger partial charge in [0.25, 0.3) is 0 Å². The van der Waals surface area contributed by atoms with Gasteiger partial charge in [-0.1, -0.05) is 30.3 Å². The lowest BCUT2D eigenvalue weighted by Gasteiger charge is -2.18. The molecule has 0 saturated heterocycles. The molecule has 0 radical (unpaired) electrons. The molecule has 124 valence electrons. The zero-order chi connectivity index (χ0) is 16.8. The number of carbonyl (C=O) groups is 1. The Morgan fingerprint density at radius 3 is 2.74 bits per heavy atom. The van der Waals surface area contributed by atoms with Crippen LogP contribution in [0.4, 0.5) is 4.79 Å². The number of thiazole rings is 1. The number of carbonyl (C=O) groups excluding carboxylic acids is 1. The van der Waals surface area contributed by atoms with Gasteiger partial charge in [0.2, 0.25) is 0 Å². The highest BCUT2D eigenvalue weighted by Gasteiger charge is 2.13. The molecule has 0 spiro atoms. The molecule has 1 aromatic heterocycles. The Balaban J connectivity index is 1.93. The third-order valence-corrected chi connectivity index (χ3v) is 4.75. The standard InChI is InChI=1S/C17H23N3O2S/c1-12(21)9-10-20(3)17(22)18-11-15-13(2)19-16(23-15)14-7-5-4-6-8-14/h4-8,12,21H,9-11H2,1-3H3,(H,18,22). The van der Waals surface area contributed by atoms with Crippen molar-refractivity contribution in [3.05, 3.63) is 40.9 Å². The molecule has 0 aliphatic rings. The lowest BCUT2D eigenvalue weighted by Crippen LogP contribution is -2.38. The molecule has 0 aliphatic heterocycles. The van der Waals surface area contributed by atoms with Gasteiger partial charge in [0, 0.05) is 24.0 Å². The molecule has 0 aliphatic carbocycles. The Morgan fingerprint density at radius 2 is 2.09 bits per heavy atom. The largest absolute Gasteiger partial charge is 0.393 e. The van der Waals surface area contributed by atoms with Crippen LogP contribution in [0.5, 0.6) is 0 Å². The first kappa shape index (κ1) is 17.4. The van der Waals surface area contributed by atoms with Crippen LogP contribution in [0.2, 0.25) is 0 Å². The summed E-state index contributed by atoms with van der Waals surface area (Å²) >= 11 is 1.60. The Morgan fingerprint density at radius 1 is 1.39 bits per heavy atom. The maximum Gasteiger partial charge on any atom is 0.317 e. The average Bonchev–Trinajstić information content (AvgIpc) is 2.92. The van der Waals surface area contributed by atoms with E-state index in [1.165, 1.54) is 0 Å². The van der Waals surface area contributed by atoms with E-state index in [2.05, 4.69) is 10.3 Å². The predicted molar refractivity (Wildman–Crippen MR) is 93.5 cm³/mol. The Kier molecular flexibility index (Phi) is 6.12. The number of nitrogens with zero attached hydrogens (tertiary/aromatic N) is 2. The van der Waals surface area contributed by atoms with Gasteiger partial charge < -0.3 is 15.3 Å². The van der Waals surface area contributed by atoms with E-state index in [0.717, 1.165) is 21.1 Å². The predicted octanol–water partition coefficient (Wildman–Crippen LogP) is 3.03. The first-order valence-corrected chi connectivity index (χ1v) is 8.47. The summed E-state index contributed by atoms with van der Waals surface area (Å²) in [4.78, 5) is 19.3. The molecule has 1 atom stereocenters. The molecule has 0 fully saturated rings. The minimum atomic E-state index is -0.401. The van der Waals surface area contributed by atoms with Gasteiger partial charge in [-0.25, -0.2) is 9.78 Å². The second kappa shape index (κ2) is 8.08. The van der Waals surface area contributed by atoms with Crippen molar-refractivity contribution in [2.75, 3.05) is 13.6 Å². The van der Waals surface area contributed by atoms with Crippen molar-refractivity contribution in [1.29, 1.82) is 0 Å². The number of aromatic nitrogens is 1. The number of aryl methyl sites for hydroxylation is 1.